The maximum atomic E-state index is 13.1. The molecule has 2 aromatic heterocycles. The van der Waals surface area contributed by atoms with Crippen molar-refractivity contribution in [1.82, 2.24) is 15.0 Å². The Morgan fingerprint density at radius 1 is 1.23 bits per heavy atom. The van der Waals surface area contributed by atoms with Crippen LogP contribution in [0, 0.1) is 5.82 Å². The lowest BCUT2D eigenvalue weighted by molar-refractivity contribution is -0.127. The smallest absolute Gasteiger partial charge is 0.332 e. The van der Waals surface area contributed by atoms with Gasteiger partial charge in [-0.1, -0.05) is 5.16 Å². The summed E-state index contributed by atoms with van der Waals surface area (Å²) in [6.45, 7) is 1.50. The van der Waals surface area contributed by atoms with Crippen molar-refractivity contribution in [2.75, 3.05) is 4.90 Å². The predicted octanol–water partition coefficient (Wildman–Crippen LogP) is 3.29. The molecule has 7 nitrogen and oxygen atoms in total. The van der Waals surface area contributed by atoms with Gasteiger partial charge in [-0.2, -0.15) is 16.3 Å². The van der Waals surface area contributed by atoms with Gasteiger partial charge < -0.3 is 4.52 Å². The fourth-order valence-corrected chi connectivity index (χ4v) is 3.40. The zero-order chi connectivity index (χ0) is 18.3. The van der Waals surface area contributed by atoms with Gasteiger partial charge in [0.25, 0.3) is 5.91 Å². The number of amides is 3. The van der Waals surface area contributed by atoms with Crippen LogP contribution in [-0.2, 0) is 11.3 Å². The molecule has 26 heavy (non-hydrogen) atoms. The molecule has 3 heterocycles. The van der Waals surface area contributed by atoms with Crippen LogP contribution in [0.15, 0.2) is 45.6 Å². The summed E-state index contributed by atoms with van der Waals surface area (Å²) in [6, 6.07) is 6.05. The van der Waals surface area contributed by atoms with Crippen LogP contribution < -0.4 is 4.90 Å². The van der Waals surface area contributed by atoms with E-state index in [9.17, 15) is 14.0 Å². The van der Waals surface area contributed by atoms with Crippen molar-refractivity contribution in [3.63, 3.8) is 0 Å². The van der Waals surface area contributed by atoms with Crippen LogP contribution in [-0.4, -0.2) is 33.0 Å². The molecule has 1 aliphatic heterocycles. The Balaban J connectivity index is 1.56. The minimum Gasteiger partial charge on any atom is -0.337 e. The van der Waals surface area contributed by atoms with Crippen LogP contribution in [0.4, 0.5) is 14.9 Å². The quantitative estimate of drug-likeness (QED) is 0.657. The molecular formula is C17H13FN4O3S. The van der Waals surface area contributed by atoms with Crippen molar-refractivity contribution in [3.8, 4) is 11.4 Å². The molecule has 0 bridgehead atoms. The standard InChI is InChI=1S/C17H13FN4O3S/c1-10-16(23)21(17(24)22(10)13-4-2-12(18)3-5-13)8-14-19-15(20-25-14)11-6-7-26-9-11/h2-7,9-10H,8H2,1H3. The summed E-state index contributed by atoms with van der Waals surface area (Å²) in [5, 5.41) is 7.64. The summed E-state index contributed by atoms with van der Waals surface area (Å²) < 4.78 is 18.3. The Bertz CT molecular complexity index is 955. The molecule has 3 aromatic rings. The number of carbonyl (C=O) groups is 2. The molecule has 0 saturated carbocycles. The van der Waals surface area contributed by atoms with Crippen LogP contribution in [0.3, 0.4) is 0 Å². The third kappa shape index (κ3) is 2.76. The van der Waals surface area contributed by atoms with Gasteiger partial charge in [-0.15, -0.1) is 0 Å². The van der Waals surface area contributed by atoms with E-state index in [0.29, 0.717) is 11.5 Å². The van der Waals surface area contributed by atoms with E-state index in [2.05, 4.69) is 10.1 Å². The summed E-state index contributed by atoms with van der Waals surface area (Å²) in [5.74, 6) is -0.220. The minimum atomic E-state index is -0.702. The average Bonchev–Trinajstić information content (AvgIpc) is 3.35. The Morgan fingerprint density at radius 2 is 2.00 bits per heavy atom. The van der Waals surface area contributed by atoms with Gasteiger partial charge in [0.15, 0.2) is 0 Å². The molecule has 0 N–H and O–H groups in total. The maximum absolute atomic E-state index is 13.1. The molecule has 4 rings (SSSR count). The van der Waals surface area contributed by atoms with Crippen molar-refractivity contribution in [1.29, 1.82) is 0 Å². The third-order valence-electron chi connectivity index (χ3n) is 4.09. The number of benzene rings is 1. The van der Waals surface area contributed by atoms with Crippen molar-refractivity contribution in [2.45, 2.75) is 19.5 Å². The Labute approximate surface area is 151 Å². The SMILES string of the molecule is CC1C(=O)N(Cc2nc(-c3ccsc3)no2)C(=O)N1c1ccc(F)cc1. The molecule has 1 aromatic carbocycles. The molecule has 1 atom stereocenters. The summed E-state index contributed by atoms with van der Waals surface area (Å²) in [6.07, 6.45) is 0. The third-order valence-corrected chi connectivity index (χ3v) is 4.78. The maximum Gasteiger partial charge on any atom is 0.332 e. The van der Waals surface area contributed by atoms with Gasteiger partial charge >= 0.3 is 6.03 Å². The van der Waals surface area contributed by atoms with Gasteiger partial charge in [-0.25, -0.2) is 9.18 Å². The van der Waals surface area contributed by atoms with Gasteiger partial charge in [0.05, 0.1) is 0 Å². The highest BCUT2D eigenvalue weighted by Crippen LogP contribution is 2.27. The molecule has 9 heteroatoms. The highest BCUT2D eigenvalue weighted by molar-refractivity contribution is 7.08. The van der Waals surface area contributed by atoms with E-state index in [-0.39, 0.29) is 18.3 Å². The fourth-order valence-electron chi connectivity index (χ4n) is 2.77. The lowest BCUT2D eigenvalue weighted by Crippen LogP contribution is -2.33. The molecule has 3 amide bonds. The lowest BCUT2D eigenvalue weighted by Gasteiger charge is -2.18. The number of halogens is 1. The van der Waals surface area contributed by atoms with E-state index in [0.717, 1.165) is 10.5 Å². The number of nitrogens with zero attached hydrogens (tertiary/aromatic N) is 4. The predicted molar refractivity (Wildman–Crippen MR) is 91.9 cm³/mol. The number of hydrogen-bond acceptors (Lipinski definition) is 6. The number of thiophene rings is 1. The number of carbonyl (C=O) groups excluding carboxylic acids is 2. The Morgan fingerprint density at radius 3 is 2.69 bits per heavy atom. The van der Waals surface area contributed by atoms with Crippen molar-refractivity contribution in [2.24, 2.45) is 0 Å². The van der Waals surface area contributed by atoms with E-state index in [1.807, 2.05) is 16.8 Å². The first kappa shape index (κ1) is 16.4. The van der Waals surface area contributed by atoms with Gasteiger partial charge in [-0.05, 0) is 42.6 Å². The normalized spacial score (nSPS) is 17.4. The van der Waals surface area contributed by atoms with Crippen LogP contribution in [0.2, 0.25) is 0 Å². The number of anilines is 1. The minimum absolute atomic E-state index is 0.114. The van der Waals surface area contributed by atoms with Crippen molar-refractivity contribution < 1.29 is 18.5 Å². The van der Waals surface area contributed by atoms with E-state index < -0.39 is 17.9 Å². The second-order valence-electron chi connectivity index (χ2n) is 5.75. The molecule has 0 spiro atoms. The van der Waals surface area contributed by atoms with Crippen LogP contribution in [0.1, 0.15) is 12.8 Å². The van der Waals surface area contributed by atoms with E-state index in [1.54, 1.807) is 6.92 Å². The molecular weight excluding hydrogens is 359 g/mol. The first-order valence-electron chi connectivity index (χ1n) is 7.80. The molecule has 132 valence electrons. The number of hydrogen-bond donors (Lipinski definition) is 0. The second-order valence-corrected chi connectivity index (χ2v) is 6.53. The zero-order valence-corrected chi connectivity index (χ0v) is 14.4. The number of imide groups is 1. The van der Waals surface area contributed by atoms with Crippen molar-refractivity contribution in [3.05, 3.63) is 52.8 Å². The zero-order valence-electron chi connectivity index (χ0n) is 13.6. The van der Waals surface area contributed by atoms with Crippen LogP contribution in [0.5, 0.6) is 0 Å². The average molecular weight is 372 g/mol. The highest BCUT2D eigenvalue weighted by atomic mass is 32.1. The number of rotatable bonds is 4. The molecule has 1 saturated heterocycles. The van der Waals surface area contributed by atoms with E-state index in [4.69, 9.17) is 4.52 Å². The monoisotopic (exact) mass is 372 g/mol. The largest absolute Gasteiger partial charge is 0.337 e. The molecule has 1 unspecified atom stereocenters. The number of aromatic nitrogens is 2. The Kier molecular flexibility index (Phi) is 4.00. The Hall–Kier alpha value is -3.07. The van der Waals surface area contributed by atoms with E-state index >= 15 is 0 Å². The van der Waals surface area contributed by atoms with Crippen molar-refractivity contribution >= 4 is 29.0 Å². The van der Waals surface area contributed by atoms with Crippen LogP contribution >= 0.6 is 11.3 Å². The van der Waals surface area contributed by atoms with Gasteiger partial charge in [0.2, 0.25) is 11.7 Å². The fraction of sp³-hybridized carbons (Fsp3) is 0.176. The molecule has 1 aliphatic rings. The summed E-state index contributed by atoms with van der Waals surface area (Å²) >= 11 is 1.50. The molecule has 0 aliphatic carbocycles. The summed E-state index contributed by atoms with van der Waals surface area (Å²) in [4.78, 5) is 31.8. The molecule has 0 radical (unpaired) electrons. The summed E-state index contributed by atoms with van der Waals surface area (Å²) in [5.41, 5.74) is 1.26. The topological polar surface area (TPSA) is 79.5 Å². The number of urea groups is 1. The van der Waals surface area contributed by atoms with Gasteiger partial charge in [-0.3, -0.25) is 14.6 Å². The first-order chi connectivity index (χ1) is 12.5. The summed E-state index contributed by atoms with van der Waals surface area (Å²) in [7, 11) is 0. The lowest BCUT2D eigenvalue weighted by atomic mass is 10.2. The van der Waals surface area contributed by atoms with Crippen LogP contribution in [0.25, 0.3) is 11.4 Å². The van der Waals surface area contributed by atoms with E-state index in [1.165, 1.54) is 40.5 Å². The second kappa shape index (κ2) is 6.34. The van der Waals surface area contributed by atoms with Gasteiger partial charge in [0.1, 0.15) is 18.4 Å². The first-order valence-corrected chi connectivity index (χ1v) is 8.74. The van der Waals surface area contributed by atoms with Gasteiger partial charge in [0, 0.05) is 16.6 Å². The highest BCUT2D eigenvalue weighted by Gasteiger charge is 2.44. The molecule has 1 fully saturated rings.